The van der Waals surface area contributed by atoms with Crippen molar-refractivity contribution < 1.29 is 25.0 Å². The largest absolute Gasteiger partial charge is 0.413 e. The fourth-order valence-corrected chi connectivity index (χ4v) is 1.98. The summed E-state index contributed by atoms with van der Waals surface area (Å²) < 4.78 is 5.11. The number of amides is 1. The summed E-state index contributed by atoms with van der Waals surface area (Å²) in [7, 11) is 0. The molecule has 3 N–H and O–H groups in total. The van der Waals surface area contributed by atoms with Gasteiger partial charge in [-0.05, 0) is 33.8 Å². The van der Waals surface area contributed by atoms with Gasteiger partial charge in [0.05, 0.1) is 24.8 Å². The van der Waals surface area contributed by atoms with Crippen LogP contribution in [0.2, 0.25) is 0 Å². The molecule has 0 atom stereocenters. The van der Waals surface area contributed by atoms with Crippen LogP contribution in [0.25, 0.3) is 0 Å². The molecule has 0 aromatic rings. The number of carbonyl (C=O) groups excluding carboxylic acids is 1. The summed E-state index contributed by atoms with van der Waals surface area (Å²) in [5.41, 5.74) is -1.71. The highest BCUT2D eigenvalue weighted by Gasteiger charge is 2.48. The van der Waals surface area contributed by atoms with Crippen molar-refractivity contribution in [3.63, 3.8) is 0 Å². The topological polar surface area (TPSA) is 102 Å². The van der Waals surface area contributed by atoms with Crippen LogP contribution in [-0.4, -0.2) is 51.7 Å². The third-order valence-corrected chi connectivity index (χ3v) is 3.08. The highest BCUT2D eigenvalue weighted by atomic mass is 16.6. The minimum absolute atomic E-state index is 0.250. The van der Waals surface area contributed by atoms with Gasteiger partial charge in [-0.25, -0.2) is 4.79 Å². The van der Waals surface area contributed by atoms with Crippen molar-refractivity contribution in [3.05, 3.63) is 11.8 Å². The summed E-state index contributed by atoms with van der Waals surface area (Å²) in [5, 5.41) is 32.9. The van der Waals surface area contributed by atoms with Crippen LogP contribution >= 0.6 is 0 Å². The lowest BCUT2D eigenvalue weighted by atomic mass is 10.1. The Labute approximate surface area is 112 Å². The monoisotopic (exact) mass is 273 g/mol. The van der Waals surface area contributed by atoms with Gasteiger partial charge in [-0.15, -0.1) is 10.3 Å². The predicted octanol–water partition coefficient (Wildman–Crippen LogP) is 0.168. The van der Waals surface area contributed by atoms with Crippen LogP contribution in [0, 0.1) is 0 Å². The highest BCUT2D eigenvalue weighted by Crippen LogP contribution is 2.38. The standard InChI is InChI=1S/C12H21N2O5/c1-11(2)5-9(12(3,4)14(11)18)19-10(17)13-8(6-15)7-16/h5,8,15-16H,6-7H2,1-4H3,(H,13,17). The average molecular weight is 273 g/mol. The first-order chi connectivity index (χ1) is 8.65. The van der Waals surface area contributed by atoms with Crippen molar-refractivity contribution in [1.29, 1.82) is 0 Å². The molecule has 1 amide bonds. The number of ether oxygens (including phenoxy) is 1. The highest BCUT2D eigenvalue weighted by molar-refractivity contribution is 5.69. The Morgan fingerprint density at radius 1 is 1.37 bits per heavy atom. The molecule has 19 heavy (non-hydrogen) atoms. The summed E-state index contributed by atoms with van der Waals surface area (Å²) in [6, 6.07) is -0.783. The number of hydrogen-bond donors (Lipinski definition) is 3. The second-order valence-corrected chi connectivity index (χ2v) is 5.61. The van der Waals surface area contributed by atoms with E-state index in [9.17, 15) is 10.0 Å². The number of hydrogen-bond acceptors (Lipinski definition) is 5. The van der Waals surface area contributed by atoms with E-state index in [-0.39, 0.29) is 5.76 Å². The molecule has 0 aromatic carbocycles. The van der Waals surface area contributed by atoms with Gasteiger partial charge in [0.25, 0.3) is 0 Å². The van der Waals surface area contributed by atoms with E-state index in [1.165, 1.54) is 0 Å². The summed E-state index contributed by atoms with van der Waals surface area (Å²) in [6.45, 7) is 5.97. The van der Waals surface area contributed by atoms with Crippen molar-refractivity contribution >= 4 is 6.09 Å². The fraction of sp³-hybridized carbons (Fsp3) is 0.750. The number of hydroxylamine groups is 2. The molecule has 0 aromatic heterocycles. The Balaban J connectivity index is 2.74. The van der Waals surface area contributed by atoms with Crippen molar-refractivity contribution in [2.24, 2.45) is 0 Å². The van der Waals surface area contributed by atoms with Crippen LogP contribution in [0.3, 0.4) is 0 Å². The summed E-state index contributed by atoms with van der Waals surface area (Å²) in [4.78, 5) is 11.6. The zero-order valence-corrected chi connectivity index (χ0v) is 11.6. The smallest absolute Gasteiger partial charge is 0.412 e. The normalized spacial score (nSPS) is 21.4. The first kappa shape index (κ1) is 15.9. The van der Waals surface area contributed by atoms with E-state index in [1.54, 1.807) is 33.8 Å². The van der Waals surface area contributed by atoms with Crippen LogP contribution in [0.15, 0.2) is 11.8 Å². The Kier molecular flexibility index (Phi) is 4.57. The summed E-state index contributed by atoms with van der Waals surface area (Å²) in [5.74, 6) is 0.250. The van der Waals surface area contributed by atoms with E-state index in [2.05, 4.69) is 5.32 Å². The first-order valence-electron chi connectivity index (χ1n) is 6.06. The second-order valence-electron chi connectivity index (χ2n) is 5.61. The van der Waals surface area contributed by atoms with Crippen molar-refractivity contribution in [1.82, 2.24) is 10.4 Å². The molecule has 0 saturated carbocycles. The SMILES string of the molecule is CC1(C)C=C(OC(=O)NC(CO)CO)C(C)(C)N1[O]. The second kappa shape index (κ2) is 5.46. The van der Waals surface area contributed by atoms with E-state index < -0.39 is 36.4 Å². The fourth-order valence-electron chi connectivity index (χ4n) is 1.98. The molecule has 1 aliphatic heterocycles. The quantitative estimate of drug-likeness (QED) is 0.677. The van der Waals surface area contributed by atoms with E-state index in [1.807, 2.05) is 0 Å². The van der Waals surface area contributed by atoms with Gasteiger partial charge in [-0.2, -0.15) is 0 Å². The molecule has 7 heteroatoms. The maximum absolute atomic E-state index is 12.0. The number of aliphatic hydroxyl groups excluding tert-OH is 2. The molecule has 1 rings (SSSR count). The maximum atomic E-state index is 12.0. The summed E-state index contributed by atoms with van der Waals surface area (Å²) in [6.07, 6.45) is 0.783. The molecule has 0 saturated heterocycles. The molecule has 0 aliphatic carbocycles. The van der Waals surface area contributed by atoms with Crippen LogP contribution in [0.4, 0.5) is 4.79 Å². The van der Waals surface area contributed by atoms with Gasteiger partial charge < -0.3 is 20.3 Å². The van der Waals surface area contributed by atoms with Crippen LogP contribution in [-0.2, 0) is 9.94 Å². The molecule has 109 valence electrons. The lowest BCUT2D eigenvalue weighted by molar-refractivity contribution is -0.242. The number of nitrogens with zero attached hydrogens (tertiary/aromatic N) is 1. The molecule has 1 heterocycles. The predicted molar refractivity (Wildman–Crippen MR) is 66.3 cm³/mol. The zero-order valence-electron chi connectivity index (χ0n) is 11.6. The van der Waals surface area contributed by atoms with Crippen LogP contribution in [0.5, 0.6) is 0 Å². The van der Waals surface area contributed by atoms with Gasteiger partial charge >= 0.3 is 6.09 Å². The van der Waals surface area contributed by atoms with Gasteiger partial charge in [-0.1, -0.05) is 0 Å². The zero-order chi connectivity index (χ0) is 14.8. The Bertz CT molecular complexity index is 374. The molecule has 1 aliphatic rings. The van der Waals surface area contributed by atoms with Crippen LogP contribution < -0.4 is 5.32 Å². The van der Waals surface area contributed by atoms with Gasteiger partial charge in [0.1, 0.15) is 11.3 Å². The van der Waals surface area contributed by atoms with Gasteiger partial charge in [0.2, 0.25) is 0 Å². The lowest BCUT2D eigenvalue weighted by Crippen LogP contribution is -2.48. The molecule has 0 spiro atoms. The summed E-state index contributed by atoms with van der Waals surface area (Å²) >= 11 is 0. The maximum Gasteiger partial charge on any atom is 0.412 e. The van der Waals surface area contributed by atoms with E-state index >= 15 is 0 Å². The third-order valence-electron chi connectivity index (χ3n) is 3.08. The Morgan fingerprint density at radius 2 is 1.89 bits per heavy atom. The number of nitrogens with one attached hydrogen (secondary N) is 1. The third kappa shape index (κ3) is 3.24. The Morgan fingerprint density at radius 3 is 2.26 bits per heavy atom. The Hall–Kier alpha value is -1.15. The molecule has 7 nitrogen and oxygen atoms in total. The number of carbonyl (C=O) groups is 1. The van der Waals surface area contributed by atoms with Gasteiger partial charge in [-0.3, -0.25) is 0 Å². The minimum atomic E-state index is -0.950. The molecule has 0 bridgehead atoms. The van der Waals surface area contributed by atoms with Gasteiger partial charge in [0.15, 0.2) is 0 Å². The van der Waals surface area contributed by atoms with Crippen molar-refractivity contribution in [2.75, 3.05) is 13.2 Å². The number of alkyl carbamates (subject to hydrolysis) is 1. The molecule has 0 fully saturated rings. The van der Waals surface area contributed by atoms with Crippen molar-refractivity contribution in [3.8, 4) is 0 Å². The van der Waals surface area contributed by atoms with E-state index in [0.29, 0.717) is 0 Å². The number of rotatable bonds is 4. The first-order valence-corrected chi connectivity index (χ1v) is 6.06. The molecular weight excluding hydrogens is 252 g/mol. The average Bonchev–Trinajstić information content (AvgIpc) is 2.47. The molecular formula is C12H21N2O5. The van der Waals surface area contributed by atoms with E-state index in [0.717, 1.165) is 5.06 Å². The number of aliphatic hydroxyl groups is 2. The minimum Gasteiger partial charge on any atom is -0.413 e. The lowest BCUT2D eigenvalue weighted by Gasteiger charge is -2.32. The molecule has 0 unspecified atom stereocenters. The van der Waals surface area contributed by atoms with E-state index in [4.69, 9.17) is 14.9 Å². The van der Waals surface area contributed by atoms with Gasteiger partial charge in [0, 0.05) is 0 Å². The van der Waals surface area contributed by atoms with Crippen LogP contribution in [0.1, 0.15) is 27.7 Å². The molecule has 1 radical (unpaired) electrons. The van der Waals surface area contributed by atoms with Crippen molar-refractivity contribution in [2.45, 2.75) is 44.8 Å².